The van der Waals surface area contributed by atoms with Gasteiger partial charge in [0, 0.05) is 27.5 Å². The van der Waals surface area contributed by atoms with Gasteiger partial charge in [-0.1, -0.05) is 24.4 Å². The molecule has 0 bridgehead atoms. The van der Waals surface area contributed by atoms with Crippen LogP contribution in [0.5, 0.6) is 5.75 Å². The average Bonchev–Trinajstić information content (AvgIpc) is 3.37. The summed E-state index contributed by atoms with van der Waals surface area (Å²) in [6.07, 6.45) is 4.85. The van der Waals surface area contributed by atoms with Crippen molar-refractivity contribution in [1.82, 2.24) is 4.57 Å². The summed E-state index contributed by atoms with van der Waals surface area (Å²) in [6.45, 7) is 2.55. The standard InChI is InChI=1S/C24H23ClFNO3.Na/c1-15-6-10-22(27(15)18-8-9-21(26)19(13-18)24(28)29)20-12-17(25)7-11-23(20)30-14-16-4-2-3-5-16;/h6-13,16H,2-5,14H2,1H3,(H,28,29);/q;+1/p-1. The molecule has 4 rings (SSSR count). The molecular formula is C24H22ClFNNaO3. The smallest absolute Gasteiger partial charge is 0.545 e. The summed E-state index contributed by atoms with van der Waals surface area (Å²) in [4.78, 5) is 11.3. The van der Waals surface area contributed by atoms with Crippen molar-refractivity contribution in [3.05, 3.63) is 70.6 Å². The van der Waals surface area contributed by atoms with Crippen LogP contribution in [0.1, 0.15) is 41.7 Å². The van der Waals surface area contributed by atoms with Crippen LogP contribution >= 0.6 is 11.6 Å². The average molecular weight is 450 g/mol. The number of carboxylic acid groups (broad SMARTS) is 1. The summed E-state index contributed by atoms with van der Waals surface area (Å²) in [6, 6.07) is 13.3. The number of aromatic nitrogens is 1. The molecule has 3 aromatic rings. The molecule has 1 aliphatic rings. The van der Waals surface area contributed by atoms with Crippen LogP contribution < -0.4 is 39.4 Å². The number of carboxylic acids is 1. The molecule has 0 spiro atoms. The van der Waals surface area contributed by atoms with Gasteiger partial charge in [0.25, 0.3) is 0 Å². The molecule has 0 atom stereocenters. The zero-order chi connectivity index (χ0) is 21.3. The number of halogens is 2. The van der Waals surface area contributed by atoms with Crippen LogP contribution in [-0.2, 0) is 0 Å². The molecule has 0 amide bonds. The van der Waals surface area contributed by atoms with Crippen molar-refractivity contribution in [3.63, 3.8) is 0 Å². The molecule has 0 saturated heterocycles. The topological polar surface area (TPSA) is 54.3 Å². The van der Waals surface area contributed by atoms with Gasteiger partial charge in [0.15, 0.2) is 0 Å². The summed E-state index contributed by atoms with van der Waals surface area (Å²) in [7, 11) is 0. The quantitative estimate of drug-likeness (QED) is 0.542. The maximum absolute atomic E-state index is 13.9. The third kappa shape index (κ3) is 5.17. The normalized spacial score (nSPS) is 13.8. The van der Waals surface area contributed by atoms with Crippen molar-refractivity contribution in [2.45, 2.75) is 32.6 Å². The molecule has 1 aliphatic carbocycles. The molecule has 1 heterocycles. The number of benzene rings is 2. The molecule has 156 valence electrons. The second kappa shape index (κ2) is 10.2. The summed E-state index contributed by atoms with van der Waals surface area (Å²) in [5.74, 6) is -1.10. The van der Waals surface area contributed by atoms with Gasteiger partial charge in [-0.2, -0.15) is 0 Å². The molecule has 31 heavy (non-hydrogen) atoms. The molecule has 1 fully saturated rings. The van der Waals surface area contributed by atoms with Gasteiger partial charge in [0.1, 0.15) is 11.6 Å². The van der Waals surface area contributed by atoms with Gasteiger partial charge in [-0.05, 0) is 74.2 Å². The van der Waals surface area contributed by atoms with Crippen molar-refractivity contribution < 1.29 is 48.6 Å². The van der Waals surface area contributed by atoms with Gasteiger partial charge in [-0.3, -0.25) is 0 Å². The third-order valence-electron chi connectivity index (χ3n) is 5.67. The fourth-order valence-corrected chi connectivity index (χ4v) is 4.29. The van der Waals surface area contributed by atoms with Crippen LogP contribution in [0.15, 0.2) is 48.5 Å². The number of hydrogen-bond donors (Lipinski definition) is 0. The van der Waals surface area contributed by atoms with Crippen LogP contribution in [-0.4, -0.2) is 17.1 Å². The predicted molar refractivity (Wildman–Crippen MR) is 113 cm³/mol. The van der Waals surface area contributed by atoms with E-state index in [9.17, 15) is 14.3 Å². The van der Waals surface area contributed by atoms with Crippen molar-refractivity contribution in [1.29, 1.82) is 0 Å². The van der Waals surface area contributed by atoms with E-state index in [4.69, 9.17) is 16.3 Å². The van der Waals surface area contributed by atoms with Gasteiger partial charge in [0.2, 0.25) is 0 Å². The molecule has 0 radical (unpaired) electrons. The number of ether oxygens (including phenoxy) is 1. The summed E-state index contributed by atoms with van der Waals surface area (Å²) < 4.78 is 21.9. The van der Waals surface area contributed by atoms with E-state index in [-0.39, 0.29) is 29.6 Å². The monoisotopic (exact) mass is 449 g/mol. The Labute approximate surface area is 208 Å². The molecule has 0 unspecified atom stereocenters. The molecule has 7 heteroatoms. The van der Waals surface area contributed by atoms with Crippen LogP contribution in [0.2, 0.25) is 5.02 Å². The van der Waals surface area contributed by atoms with Crippen LogP contribution in [0, 0.1) is 18.7 Å². The number of carbonyl (C=O) groups excluding carboxylic acids is 1. The number of carbonyl (C=O) groups is 1. The minimum absolute atomic E-state index is 0. The van der Waals surface area contributed by atoms with E-state index < -0.39 is 17.3 Å². The Hall–Kier alpha value is -1.79. The van der Waals surface area contributed by atoms with E-state index in [0.29, 0.717) is 29.0 Å². The Morgan fingerprint density at radius 2 is 1.90 bits per heavy atom. The number of nitrogens with zero attached hydrogens (tertiary/aromatic N) is 1. The number of aromatic carboxylic acids is 1. The van der Waals surface area contributed by atoms with Crippen molar-refractivity contribution >= 4 is 17.6 Å². The first-order chi connectivity index (χ1) is 14.4. The second-order valence-corrected chi connectivity index (χ2v) is 8.19. The Morgan fingerprint density at radius 3 is 2.61 bits per heavy atom. The Kier molecular flexibility index (Phi) is 7.87. The Bertz CT molecular complexity index is 1090. The molecule has 1 saturated carbocycles. The maximum Gasteiger partial charge on any atom is 1.00 e. The second-order valence-electron chi connectivity index (χ2n) is 7.75. The first kappa shape index (κ1) is 23.9. The zero-order valence-corrected chi connectivity index (χ0v) is 20.4. The zero-order valence-electron chi connectivity index (χ0n) is 17.7. The predicted octanol–water partition coefficient (Wildman–Crippen LogP) is 2.18. The van der Waals surface area contributed by atoms with Crippen LogP contribution in [0.4, 0.5) is 4.39 Å². The van der Waals surface area contributed by atoms with E-state index in [1.165, 1.54) is 31.7 Å². The molecule has 1 aromatic heterocycles. The van der Waals surface area contributed by atoms with E-state index in [2.05, 4.69) is 0 Å². The van der Waals surface area contributed by atoms with Crippen molar-refractivity contribution in [3.8, 4) is 22.7 Å². The molecular weight excluding hydrogens is 428 g/mol. The van der Waals surface area contributed by atoms with Gasteiger partial charge in [-0.25, -0.2) is 4.39 Å². The summed E-state index contributed by atoms with van der Waals surface area (Å²) >= 11 is 6.29. The van der Waals surface area contributed by atoms with E-state index in [0.717, 1.165) is 23.0 Å². The number of aryl methyl sites for hydroxylation is 1. The minimum atomic E-state index is -1.55. The molecule has 4 nitrogen and oxygen atoms in total. The molecule has 0 N–H and O–H groups in total. The summed E-state index contributed by atoms with van der Waals surface area (Å²) in [5.41, 5.74) is 2.49. The Morgan fingerprint density at radius 1 is 1.16 bits per heavy atom. The Balaban J connectivity index is 0.00000272. The van der Waals surface area contributed by atoms with Crippen molar-refractivity contribution in [2.75, 3.05) is 6.61 Å². The van der Waals surface area contributed by atoms with Crippen LogP contribution in [0.3, 0.4) is 0 Å². The SMILES string of the molecule is Cc1ccc(-c2cc(Cl)ccc2OCC2CCCC2)n1-c1ccc(F)c(C(=O)[O-])c1.[Na+]. The molecule has 0 aliphatic heterocycles. The van der Waals surface area contributed by atoms with E-state index >= 15 is 0 Å². The van der Waals surface area contributed by atoms with Gasteiger partial charge in [-0.15, -0.1) is 0 Å². The fraction of sp³-hybridized carbons (Fsp3) is 0.292. The number of hydrogen-bond acceptors (Lipinski definition) is 3. The van der Waals surface area contributed by atoms with Gasteiger partial charge in [0.05, 0.1) is 18.3 Å². The van der Waals surface area contributed by atoms with Crippen molar-refractivity contribution in [2.24, 2.45) is 5.92 Å². The fourth-order valence-electron chi connectivity index (χ4n) is 4.11. The first-order valence-corrected chi connectivity index (χ1v) is 10.4. The maximum atomic E-state index is 13.9. The van der Waals surface area contributed by atoms with Gasteiger partial charge < -0.3 is 19.2 Å². The third-order valence-corrected chi connectivity index (χ3v) is 5.91. The van der Waals surface area contributed by atoms with Crippen LogP contribution in [0.25, 0.3) is 16.9 Å². The number of rotatable bonds is 6. The summed E-state index contributed by atoms with van der Waals surface area (Å²) in [5, 5.41) is 11.9. The minimum Gasteiger partial charge on any atom is -0.545 e. The molecule has 2 aromatic carbocycles. The first-order valence-electron chi connectivity index (χ1n) is 10.1. The van der Waals surface area contributed by atoms with Gasteiger partial charge >= 0.3 is 29.6 Å². The van der Waals surface area contributed by atoms with E-state index in [1.54, 1.807) is 12.1 Å². The van der Waals surface area contributed by atoms with E-state index in [1.807, 2.05) is 35.8 Å². The largest absolute Gasteiger partial charge is 1.00 e.